The van der Waals surface area contributed by atoms with E-state index in [0.29, 0.717) is 6.42 Å². The highest BCUT2D eigenvalue weighted by Crippen LogP contribution is 2.22. The molecule has 0 aliphatic rings. The molecule has 0 spiro atoms. The lowest BCUT2D eigenvalue weighted by atomic mass is 10.3. The third-order valence-corrected chi connectivity index (χ3v) is 3.66. The molecule has 0 aliphatic heterocycles. The number of thiophene rings is 1. The Kier molecular flexibility index (Phi) is 5.16. The van der Waals surface area contributed by atoms with Gasteiger partial charge in [-0.05, 0) is 41.5 Å². The summed E-state index contributed by atoms with van der Waals surface area (Å²) in [7, 11) is 2.06. The smallest absolute Gasteiger partial charge is 0.0701 e. The van der Waals surface area contributed by atoms with E-state index >= 15 is 0 Å². The molecule has 1 rings (SSSR count). The number of likely N-dealkylation sites (N-methyl/N-ethyl adjacent to an activating group) is 1. The van der Waals surface area contributed by atoms with Crippen LogP contribution < -0.4 is 0 Å². The summed E-state index contributed by atoms with van der Waals surface area (Å²) >= 11 is 5.22. The fourth-order valence-corrected chi connectivity index (χ4v) is 2.61. The van der Waals surface area contributed by atoms with Crippen molar-refractivity contribution in [1.82, 2.24) is 4.90 Å². The predicted molar refractivity (Wildman–Crippen MR) is 63.5 cm³/mol. The number of halogens is 1. The highest BCUT2D eigenvalue weighted by Gasteiger charge is 2.01. The van der Waals surface area contributed by atoms with E-state index < -0.39 is 0 Å². The molecule has 0 aliphatic carbocycles. The van der Waals surface area contributed by atoms with Gasteiger partial charge in [-0.15, -0.1) is 11.3 Å². The van der Waals surface area contributed by atoms with Crippen molar-refractivity contribution in [2.24, 2.45) is 0 Å². The van der Waals surface area contributed by atoms with Gasteiger partial charge in [-0.1, -0.05) is 0 Å². The van der Waals surface area contributed by atoms with Crippen molar-refractivity contribution < 1.29 is 0 Å². The molecule has 0 radical (unpaired) electrons. The van der Waals surface area contributed by atoms with Gasteiger partial charge in [0.2, 0.25) is 0 Å². The minimum Gasteiger partial charge on any atom is -0.305 e. The van der Waals surface area contributed by atoms with Gasteiger partial charge in [0, 0.05) is 24.4 Å². The zero-order valence-electron chi connectivity index (χ0n) is 8.16. The molecule has 14 heavy (non-hydrogen) atoms. The molecule has 0 bridgehead atoms. The van der Waals surface area contributed by atoms with Gasteiger partial charge in [-0.2, -0.15) is 5.26 Å². The van der Waals surface area contributed by atoms with Crippen LogP contribution in [0.15, 0.2) is 15.9 Å². The van der Waals surface area contributed by atoms with Crippen molar-refractivity contribution in [3.05, 3.63) is 20.8 Å². The predicted octanol–water partition coefficient (Wildman–Crippen LogP) is 2.90. The van der Waals surface area contributed by atoms with Crippen LogP contribution in [0.4, 0.5) is 0 Å². The Morgan fingerprint density at radius 1 is 1.50 bits per heavy atom. The Labute approximate surface area is 97.3 Å². The summed E-state index contributed by atoms with van der Waals surface area (Å²) in [5, 5.41) is 8.42. The summed E-state index contributed by atoms with van der Waals surface area (Å²) in [4.78, 5) is 3.58. The molecule has 1 aromatic rings. The van der Waals surface area contributed by atoms with Gasteiger partial charge in [-0.3, -0.25) is 0 Å². The van der Waals surface area contributed by atoms with Crippen molar-refractivity contribution >= 4 is 27.3 Å². The summed E-state index contributed by atoms with van der Waals surface area (Å²) < 4.78 is 1.19. The van der Waals surface area contributed by atoms with Crippen molar-refractivity contribution in [2.45, 2.75) is 12.8 Å². The second-order valence-electron chi connectivity index (χ2n) is 3.17. The third kappa shape index (κ3) is 4.23. The van der Waals surface area contributed by atoms with Gasteiger partial charge in [-0.25, -0.2) is 0 Å². The molecule has 0 amide bonds. The van der Waals surface area contributed by atoms with Crippen LogP contribution >= 0.6 is 27.3 Å². The molecule has 1 aromatic heterocycles. The fraction of sp³-hybridized carbons (Fsp3) is 0.500. The van der Waals surface area contributed by atoms with Gasteiger partial charge in [0.05, 0.1) is 9.86 Å². The van der Waals surface area contributed by atoms with Gasteiger partial charge >= 0.3 is 0 Å². The Hall–Kier alpha value is -0.370. The van der Waals surface area contributed by atoms with Gasteiger partial charge < -0.3 is 4.90 Å². The lowest BCUT2D eigenvalue weighted by Gasteiger charge is -2.13. The van der Waals surface area contributed by atoms with E-state index in [9.17, 15) is 0 Å². The van der Waals surface area contributed by atoms with Crippen LogP contribution in [0.25, 0.3) is 0 Å². The van der Waals surface area contributed by atoms with Crippen LogP contribution in [-0.4, -0.2) is 25.0 Å². The number of hydrogen-bond acceptors (Lipinski definition) is 3. The zero-order chi connectivity index (χ0) is 10.4. The van der Waals surface area contributed by atoms with Crippen LogP contribution in [-0.2, 0) is 6.42 Å². The monoisotopic (exact) mass is 272 g/mol. The largest absolute Gasteiger partial charge is 0.305 e. The minimum absolute atomic E-state index is 0.616. The summed E-state index contributed by atoms with van der Waals surface area (Å²) in [6.07, 6.45) is 1.68. The van der Waals surface area contributed by atoms with E-state index in [1.54, 1.807) is 11.3 Å². The maximum Gasteiger partial charge on any atom is 0.0701 e. The highest BCUT2D eigenvalue weighted by molar-refractivity contribution is 9.11. The van der Waals surface area contributed by atoms with Crippen LogP contribution in [0.1, 0.15) is 11.3 Å². The van der Waals surface area contributed by atoms with E-state index in [0.717, 1.165) is 19.5 Å². The van der Waals surface area contributed by atoms with Crippen LogP contribution in [0.3, 0.4) is 0 Å². The SMILES string of the molecule is CN(CCC#N)CCc1ccc(Br)s1. The maximum atomic E-state index is 8.42. The first-order valence-corrected chi connectivity index (χ1v) is 6.13. The third-order valence-electron chi connectivity index (χ3n) is 1.97. The molecule has 4 heteroatoms. The van der Waals surface area contributed by atoms with Crippen LogP contribution in [0.5, 0.6) is 0 Å². The molecule has 0 fully saturated rings. The Bertz CT molecular complexity index is 316. The first-order chi connectivity index (χ1) is 6.72. The number of nitrogens with zero attached hydrogens (tertiary/aromatic N) is 2. The standard InChI is InChI=1S/C10H13BrN2S/c1-13(7-2-6-12)8-5-9-3-4-10(11)14-9/h3-4H,2,5,7-8H2,1H3. The highest BCUT2D eigenvalue weighted by atomic mass is 79.9. The molecular formula is C10H13BrN2S. The molecular weight excluding hydrogens is 260 g/mol. The average molecular weight is 273 g/mol. The zero-order valence-corrected chi connectivity index (χ0v) is 10.6. The molecule has 0 aromatic carbocycles. The van der Waals surface area contributed by atoms with Crippen molar-refractivity contribution in [1.29, 1.82) is 5.26 Å². The lowest BCUT2D eigenvalue weighted by molar-refractivity contribution is 0.347. The summed E-state index contributed by atoms with van der Waals surface area (Å²) in [5.41, 5.74) is 0. The summed E-state index contributed by atoms with van der Waals surface area (Å²) in [5.74, 6) is 0. The van der Waals surface area contributed by atoms with E-state index in [4.69, 9.17) is 5.26 Å². The Morgan fingerprint density at radius 3 is 2.86 bits per heavy atom. The first kappa shape index (κ1) is 11.7. The molecule has 0 saturated carbocycles. The molecule has 76 valence electrons. The fourth-order valence-electron chi connectivity index (χ4n) is 1.14. The number of hydrogen-bond donors (Lipinski definition) is 0. The lowest BCUT2D eigenvalue weighted by Crippen LogP contribution is -2.21. The second kappa shape index (κ2) is 6.18. The van der Waals surface area contributed by atoms with E-state index in [1.165, 1.54) is 8.66 Å². The molecule has 2 nitrogen and oxygen atoms in total. The maximum absolute atomic E-state index is 8.42. The van der Waals surface area contributed by atoms with Crippen LogP contribution in [0.2, 0.25) is 0 Å². The normalized spacial score (nSPS) is 10.4. The van der Waals surface area contributed by atoms with Crippen molar-refractivity contribution in [3.8, 4) is 6.07 Å². The number of rotatable bonds is 5. The Balaban J connectivity index is 2.24. The van der Waals surface area contributed by atoms with Crippen LogP contribution in [0, 0.1) is 11.3 Å². The molecule has 1 heterocycles. The topological polar surface area (TPSA) is 27.0 Å². The molecule has 0 unspecified atom stereocenters. The minimum atomic E-state index is 0.616. The van der Waals surface area contributed by atoms with Crippen molar-refractivity contribution in [2.75, 3.05) is 20.1 Å². The van der Waals surface area contributed by atoms with Gasteiger partial charge in [0.25, 0.3) is 0 Å². The summed E-state index contributed by atoms with van der Waals surface area (Å²) in [6.45, 7) is 1.89. The van der Waals surface area contributed by atoms with Crippen molar-refractivity contribution in [3.63, 3.8) is 0 Å². The molecule has 0 N–H and O–H groups in total. The summed E-state index contributed by atoms with van der Waals surface area (Å²) in [6, 6.07) is 6.38. The quantitative estimate of drug-likeness (QED) is 0.824. The van der Waals surface area contributed by atoms with Gasteiger partial charge in [0.1, 0.15) is 0 Å². The second-order valence-corrected chi connectivity index (χ2v) is 5.71. The average Bonchev–Trinajstić information content (AvgIpc) is 2.58. The van der Waals surface area contributed by atoms with E-state index in [2.05, 4.69) is 46.1 Å². The van der Waals surface area contributed by atoms with E-state index in [1.807, 2.05) is 0 Å². The number of nitriles is 1. The van der Waals surface area contributed by atoms with E-state index in [-0.39, 0.29) is 0 Å². The van der Waals surface area contributed by atoms with Gasteiger partial charge in [0.15, 0.2) is 0 Å². The first-order valence-electron chi connectivity index (χ1n) is 4.52. The molecule has 0 atom stereocenters. The molecule has 0 saturated heterocycles. The Morgan fingerprint density at radius 2 is 2.29 bits per heavy atom.